The number of benzene rings is 2. The van der Waals surface area contributed by atoms with Gasteiger partial charge in [-0.2, -0.15) is 5.10 Å². The molecule has 2 atom stereocenters. The zero-order chi connectivity index (χ0) is 24.6. The summed E-state index contributed by atoms with van der Waals surface area (Å²) in [6.07, 6.45) is 3.02. The quantitative estimate of drug-likeness (QED) is 0.378. The first-order valence-corrected chi connectivity index (χ1v) is 12.9. The third-order valence-corrected chi connectivity index (χ3v) is 7.96. The van der Waals surface area contributed by atoms with Crippen LogP contribution in [0.1, 0.15) is 26.3 Å². The molecule has 0 spiro atoms. The monoisotopic (exact) mass is 492 g/mol. The summed E-state index contributed by atoms with van der Waals surface area (Å²) in [5.74, 6) is 1.80. The lowest BCUT2D eigenvalue weighted by molar-refractivity contribution is 0.0564. The van der Waals surface area contributed by atoms with Gasteiger partial charge in [-0.05, 0) is 62.9 Å². The van der Waals surface area contributed by atoms with Crippen molar-refractivity contribution < 1.29 is 9.13 Å². The van der Waals surface area contributed by atoms with Crippen LogP contribution in [0.5, 0.6) is 11.5 Å². The molecule has 2 aromatic carbocycles. The van der Waals surface area contributed by atoms with Crippen molar-refractivity contribution in [3.05, 3.63) is 60.9 Å². The number of hydrogen-bond donors (Lipinski definition) is 1. The molecular weight excluding hydrogens is 463 g/mol. The molecule has 2 N–H and O–H groups in total. The fraction of sp³-hybridized carbons (Fsp3) is 0.346. The van der Waals surface area contributed by atoms with E-state index in [1.165, 1.54) is 6.33 Å². The lowest BCUT2D eigenvalue weighted by Crippen LogP contribution is -2.51. The molecule has 3 heterocycles. The van der Waals surface area contributed by atoms with Gasteiger partial charge in [-0.15, -0.1) is 11.8 Å². The fourth-order valence-corrected chi connectivity index (χ4v) is 4.94. The van der Waals surface area contributed by atoms with Crippen LogP contribution in [0, 0.1) is 0 Å². The summed E-state index contributed by atoms with van der Waals surface area (Å²) < 4.78 is 23.2. The summed E-state index contributed by atoms with van der Waals surface area (Å²) in [5, 5.41) is 5.49. The number of thioether (sulfide) groups is 1. The molecule has 1 fully saturated rings. The molecule has 9 heteroatoms. The maximum atomic E-state index is 15.5. The van der Waals surface area contributed by atoms with Gasteiger partial charge in [-0.1, -0.05) is 18.2 Å². The van der Waals surface area contributed by atoms with Crippen LogP contribution in [0.2, 0.25) is 0 Å². The van der Waals surface area contributed by atoms with Crippen molar-refractivity contribution in [2.24, 2.45) is 0 Å². The second kappa shape index (κ2) is 9.47. The van der Waals surface area contributed by atoms with Gasteiger partial charge in [0.15, 0.2) is 5.65 Å². The van der Waals surface area contributed by atoms with E-state index in [-0.39, 0.29) is 4.87 Å². The standard InChI is InChI=1S/C26H29FN6OS/c1-26(2,35-3)32-14-13-21(20(27)15-32)33-25-22(24(28)29-16-30-25)23(31-33)17-9-11-19(12-10-17)34-18-7-5-4-6-8-18/h4-12,16,20-21H,13-15H2,1-3H3,(H2,28,29,30). The first kappa shape index (κ1) is 23.6. The van der Waals surface area contributed by atoms with E-state index in [0.717, 1.165) is 17.9 Å². The molecule has 4 aromatic rings. The Bertz CT molecular complexity index is 1310. The van der Waals surface area contributed by atoms with Crippen LogP contribution in [-0.4, -0.2) is 55.0 Å². The van der Waals surface area contributed by atoms with E-state index in [1.807, 2.05) is 54.6 Å². The van der Waals surface area contributed by atoms with Crippen molar-refractivity contribution in [2.45, 2.75) is 37.4 Å². The van der Waals surface area contributed by atoms with E-state index in [4.69, 9.17) is 15.6 Å². The van der Waals surface area contributed by atoms with Gasteiger partial charge in [-0.25, -0.2) is 19.0 Å². The maximum absolute atomic E-state index is 15.5. The van der Waals surface area contributed by atoms with Crippen molar-refractivity contribution >= 4 is 28.6 Å². The summed E-state index contributed by atoms with van der Waals surface area (Å²) >= 11 is 1.73. The van der Waals surface area contributed by atoms with Crippen LogP contribution in [0.15, 0.2) is 60.9 Å². The first-order valence-electron chi connectivity index (χ1n) is 11.6. The first-order chi connectivity index (χ1) is 16.9. The molecule has 1 saturated heterocycles. The summed E-state index contributed by atoms with van der Waals surface area (Å²) in [7, 11) is 0. The van der Waals surface area contributed by atoms with Crippen LogP contribution >= 0.6 is 11.8 Å². The summed E-state index contributed by atoms with van der Waals surface area (Å²) in [5.41, 5.74) is 8.31. The number of nitrogen functional groups attached to an aromatic ring is 1. The second-order valence-corrected chi connectivity index (χ2v) is 10.6. The summed E-state index contributed by atoms with van der Waals surface area (Å²) in [4.78, 5) is 10.7. The lowest BCUT2D eigenvalue weighted by Gasteiger charge is -2.43. The topological polar surface area (TPSA) is 82.1 Å². The summed E-state index contributed by atoms with van der Waals surface area (Å²) in [6.45, 7) is 5.39. The van der Waals surface area contributed by atoms with Gasteiger partial charge in [-0.3, -0.25) is 4.90 Å². The number of fused-ring (bicyclic) bond motifs is 1. The highest BCUT2D eigenvalue weighted by Crippen LogP contribution is 2.38. The minimum atomic E-state index is -1.08. The maximum Gasteiger partial charge on any atom is 0.164 e. The summed E-state index contributed by atoms with van der Waals surface area (Å²) in [6, 6.07) is 16.8. The van der Waals surface area contributed by atoms with Crippen molar-refractivity contribution in [3.8, 4) is 22.8 Å². The number of nitrogens with two attached hydrogens (primary N) is 1. The van der Waals surface area contributed by atoms with Crippen molar-refractivity contribution in [2.75, 3.05) is 25.1 Å². The molecule has 0 radical (unpaired) electrons. The van der Waals surface area contributed by atoms with Gasteiger partial charge < -0.3 is 10.5 Å². The van der Waals surface area contributed by atoms with E-state index in [9.17, 15) is 0 Å². The third kappa shape index (κ3) is 4.58. The van der Waals surface area contributed by atoms with E-state index < -0.39 is 12.2 Å². The Morgan fingerprint density at radius 2 is 1.77 bits per heavy atom. The van der Waals surface area contributed by atoms with Gasteiger partial charge in [0.2, 0.25) is 0 Å². The molecule has 182 valence electrons. The number of hydrogen-bond acceptors (Lipinski definition) is 7. The van der Waals surface area contributed by atoms with E-state index in [1.54, 1.807) is 16.4 Å². The molecule has 2 unspecified atom stereocenters. The minimum absolute atomic E-state index is 0.122. The van der Waals surface area contributed by atoms with Crippen LogP contribution in [-0.2, 0) is 0 Å². The van der Waals surface area contributed by atoms with E-state index in [0.29, 0.717) is 41.3 Å². The van der Waals surface area contributed by atoms with Crippen LogP contribution < -0.4 is 10.5 Å². The number of piperidine rings is 1. The highest BCUT2D eigenvalue weighted by atomic mass is 32.2. The Morgan fingerprint density at radius 3 is 2.46 bits per heavy atom. The Morgan fingerprint density at radius 1 is 1.06 bits per heavy atom. The predicted molar refractivity (Wildman–Crippen MR) is 139 cm³/mol. The number of alkyl halides is 1. The van der Waals surface area contributed by atoms with Gasteiger partial charge in [0.1, 0.15) is 35.5 Å². The number of halogens is 1. The normalized spacial score (nSPS) is 19.2. The molecule has 35 heavy (non-hydrogen) atoms. The average molecular weight is 493 g/mol. The molecule has 0 aliphatic carbocycles. The second-order valence-electron chi connectivity index (χ2n) is 9.16. The Labute approximate surface area is 208 Å². The predicted octanol–water partition coefficient (Wildman–Crippen LogP) is 5.55. The molecule has 2 aromatic heterocycles. The van der Waals surface area contributed by atoms with Crippen LogP contribution in [0.25, 0.3) is 22.3 Å². The van der Waals surface area contributed by atoms with Crippen LogP contribution in [0.4, 0.5) is 10.2 Å². The Hall–Kier alpha value is -3.17. The highest BCUT2D eigenvalue weighted by molar-refractivity contribution is 7.99. The molecule has 1 aliphatic heterocycles. The molecule has 5 rings (SSSR count). The Kier molecular flexibility index (Phi) is 6.37. The van der Waals surface area contributed by atoms with Crippen molar-refractivity contribution in [1.82, 2.24) is 24.6 Å². The van der Waals surface area contributed by atoms with Crippen LogP contribution in [0.3, 0.4) is 0 Å². The smallest absolute Gasteiger partial charge is 0.164 e. The zero-order valence-corrected chi connectivity index (χ0v) is 20.9. The zero-order valence-electron chi connectivity index (χ0n) is 20.1. The minimum Gasteiger partial charge on any atom is -0.457 e. The van der Waals surface area contributed by atoms with E-state index in [2.05, 4.69) is 35.0 Å². The number of likely N-dealkylation sites (tertiary alicyclic amines) is 1. The Balaban J connectivity index is 1.47. The number of aromatic nitrogens is 4. The lowest BCUT2D eigenvalue weighted by atomic mass is 10.0. The number of ether oxygens (including phenoxy) is 1. The molecule has 7 nitrogen and oxygen atoms in total. The number of nitrogens with zero attached hydrogens (tertiary/aromatic N) is 5. The van der Waals surface area contributed by atoms with Gasteiger partial charge >= 0.3 is 0 Å². The molecule has 0 amide bonds. The number of anilines is 1. The van der Waals surface area contributed by atoms with Gasteiger partial charge in [0, 0.05) is 18.7 Å². The fourth-order valence-electron chi connectivity index (χ4n) is 4.52. The average Bonchev–Trinajstić information content (AvgIpc) is 3.26. The highest BCUT2D eigenvalue weighted by Gasteiger charge is 2.38. The van der Waals surface area contributed by atoms with Gasteiger partial charge in [0.25, 0.3) is 0 Å². The SMILES string of the molecule is CSC(C)(C)N1CCC(n2nc(-c3ccc(Oc4ccccc4)cc3)c3c(N)ncnc32)C(F)C1. The molecular formula is C26H29FN6OS. The largest absolute Gasteiger partial charge is 0.457 e. The van der Waals surface area contributed by atoms with E-state index >= 15 is 4.39 Å². The molecule has 0 bridgehead atoms. The number of para-hydroxylation sites is 1. The van der Waals surface area contributed by atoms with Gasteiger partial charge in [0.05, 0.1) is 16.3 Å². The van der Waals surface area contributed by atoms with Crippen molar-refractivity contribution in [3.63, 3.8) is 0 Å². The van der Waals surface area contributed by atoms with Crippen molar-refractivity contribution in [1.29, 1.82) is 0 Å². The number of rotatable bonds is 6. The molecule has 1 aliphatic rings. The third-order valence-electron chi connectivity index (χ3n) is 6.71. The molecule has 0 saturated carbocycles.